The number of aryl methyl sites for hydroxylation is 2. The van der Waals surface area contributed by atoms with Crippen LogP contribution in [0.3, 0.4) is 0 Å². The number of benzene rings is 4. The Morgan fingerprint density at radius 3 is 1.39 bits per heavy atom. The third-order valence-electron chi connectivity index (χ3n) is 7.72. The summed E-state index contributed by atoms with van der Waals surface area (Å²) in [6.45, 7) is 5.34. The third-order valence-corrected chi connectivity index (χ3v) is 7.72. The molecule has 0 saturated carbocycles. The molecular formula is C37H29N5O4. The summed E-state index contributed by atoms with van der Waals surface area (Å²) < 4.78 is 15.5. The van der Waals surface area contributed by atoms with Gasteiger partial charge in [0.05, 0.1) is 33.2 Å². The standard InChI is InChI=1S/C37H29N5O4/c1-3-41-32-22-26(45-36(43)24-12-7-5-8-13-24)18-20-28(32)39-34(41)30-16-11-17-31(38-30)35-40-29-21-19-27(23-33(29)42(35)4-2)46-37(44)25-14-9-6-10-15-25/h5-23H,3-4H2,1-2H3. The van der Waals surface area contributed by atoms with Gasteiger partial charge in [-0.25, -0.2) is 24.5 Å². The fraction of sp³-hybridized carbons (Fsp3) is 0.108. The number of nitrogens with zero attached hydrogens (tertiary/aromatic N) is 5. The fourth-order valence-corrected chi connectivity index (χ4v) is 5.53. The summed E-state index contributed by atoms with van der Waals surface area (Å²) in [6, 6.07) is 34.5. The topological polar surface area (TPSA) is 101 Å². The zero-order chi connectivity index (χ0) is 31.6. The number of ether oxygens (including phenoxy) is 2. The van der Waals surface area contributed by atoms with Crippen LogP contribution in [0, 0.1) is 0 Å². The molecule has 3 aromatic heterocycles. The predicted octanol–water partition coefficient (Wildman–Crippen LogP) is 7.59. The van der Waals surface area contributed by atoms with Crippen molar-refractivity contribution in [2.45, 2.75) is 26.9 Å². The van der Waals surface area contributed by atoms with Crippen LogP contribution in [0.2, 0.25) is 0 Å². The van der Waals surface area contributed by atoms with Gasteiger partial charge in [0.15, 0.2) is 11.6 Å². The number of hydrogen-bond donors (Lipinski definition) is 0. The largest absolute Gasteiger partial charge is 0.423 e. The highest BCUT2D eigenvalue weighted by Crippen LogP contribution is 2.31. The van der Waals surface area contributed by atoms with E-state index in [4.69, 9.17) is 24.4 Å². The van der Waals surface area contributed by atoms with Crippen LogP contribution in [-0.4, -0.2) is 36.0 Å². The van der Waals surface area contributed by atoms with Gasteiger partial charge in [0, 0.05) is 25.2 Å². The van der Waals surface area contributed by atoms with Gasteiger partial charge in [-0.3, -0.25) is 0 Å². The molecule has 0 unspecified atom stereocenters. The molecule has 0 aliphatic carbocycles. The number of hydrogen-bond acceptors (Lipinski definition) is 7. The lowest BCUT2D eigenvalue weighted by molar-refractivity contribution is 0.0725. The van der Waals surface area contributed by atoms with Crippen LogP contribution in [0.25, 0.3) is 45.1 Å². The van der Waals surface area contributed by atoms with Crippen LogP contribution in [-0.2, 0) is 13.1 Å². The maximum absolute atomic E-state index is 12.7. The minimum Gasteiger partial charge on any atom is -0.423 e. The second-order valence-electron chi connectivity index (χ2n) is 10.6. The Bertz CT molecular complexity index is 2070. The van der Waals surface area contributed by atoms with Gasteiger partial charge in [-0.1, -0.05) is 42.5 Å². The Morgan fingerprint density at radius 2 is 0.978 bits per heavy atom. The molecule has 226 valence electrons. The number of pyridine rings is 1. The first-order chi connectivity index (χ1) is 22.5. The summed E-state index contributed by atoms with van der Waals surface area (Å²) in [5.74, 6) is 1.43. The normalized spacial score (nSPS) is 11.2. The first kappa shape index (κ1) is 28.7. The SMILES string of the molecule is CCn1c(-c2cccc(-c3nc4ccc(OC(=O)c5ccccc5)cc4n3CC)n2)nc2ccc(OC(=O)c3ccccc3)cc21. The lowest BCUT2D eigenvalue weighted by atomic mass is 10.2. The van der Waals surface area contributed by atoms with E-state index >= 15 is 0 Å². The number of carbonyl (C=O) groups is 2. The number of fused-ring (bicyclic) bond motifs is 2. The zero-order valence-corrected chi connectivity index (χ0v) is 25.3. The maximum Gasteiger partial charge on any atom is 0.343 e. The first-order valence-electron chi connectivity index (χ1n) is 15.0. The van der Waals surface area contributed by atoms with E-state index in [0.29, 0.717) is 58.8 Å². The molecule has 3 heterocycles. The van der Waals surface area contributed by atoms with Crippen molar-refractivity contribution in [3.8, 4) is 34.5 Å². The minimum atomic E-state index is -0.419. The molecule has 9 nitrogen and oxygen atoms in total. The Morgan fingerprint density at radius 1 is 0.543 bits per heavy atom. The van der Waals surface area contributed by atoms with Gasteiger partial charge in [0.1, 0.15) is 22.9 Å². The van der Waals surface area contributed by atoms with E-state index in [1.807, 2.05) is 68.4 Å². The summed E-state index contributed by atoms with van der Waals surface area (Å²) in [5.41, 5.74) is 5.54. The second-order valence-corrected chi connectivity index (χ2v) is 10.6. The molecule has 9 heteroatoms. The smallest absolute Gasteiger partial charge is 0.343 e. The minimum absolute atomic E-state index is 0.419. The van der Waals surface area contributed by atoms with Crippen LogP contribution >= 0.6 is 0 Å². The average Bonchev–Trinajstić information content (AvgIpc) is 3.66. The molecule has 7 aromatic rings. The van der Waals surface area contributed by atoms with Crippen molar-refractivity contribution < 1.29 is 19.1 Å². The number of aromatic nitrogens is 5. The second kappa shape index (κ2) is 12.1. The molecule has 0 aliphatic rings. The van der Waals surface area contributed by atoms with E-state index in [1.165, 1.54) is 0 Å². The van der Waals surface area contributed by atoms with Crippen molar-refractivity contribution in [3.63, 3.8) is 0 Å². The van der Waals surface area contributed by atoms with Crippen LogP contribution in [0.15, 0.2) is 115 Å². The Labute approximate surface area is 264 Å². The van der Waals surface area contributed by atoms with E-state index in [-0.39, 0.29) is 0 Å². The number of esters is 2. The number of rotatable bonds is 8. The summed E-state index contributed by atoms with van der Waals surface area (Å²) in [4.78, 5) is 40.1. The molecule has 4 aromatic carbocycles. The predicted molar refractivity (Wildman–Crippen MR) is 176 cm³/mol. The molecule has 0 amide bonds. The molecular weight excluding hydrogens is 578 g/mol. The Hall–Kier alpha value is -6.09. The van der Waals surface area contributed by atoms with Crippen LogP contribution in [0.4, 0.5) is 0 Å². The highest BCUT2D eigenvalue weighted by atomic mass is 16.5. The van der Waals surface area contributed by atoms with Crippen LogP contribution < -0.4 is 9.47 Å². The van der Waals surface area contributed by atoms with E-state index < -0.39 is 11.9 Å². The van der Waals surface area contributed by atoms with Gasteiger partial charge in [-0.05, 0) is 74.5 Å². The summed E-state index contributed by atoms with van der Waals surface area (Å²) in [5, 5.41) is 0. The van der Waals surface area contributed by atoms with Gasteiger partial charge in [0.25, 0.3) is 0 Å². The highest BCUT2D eigenvalue weighted by Gasteiger charge is 2.19. The van der Waals surface area contributed by atoms with Crippen molar-refractivity contribution in [1.29, 1.82) is 0 Å². The zero-order valence-electron chi connectivity index (χ0n) is 25.3. The molecule has 46 heavy (non-hydrogen) atoms. The van der Waals surface area contributed by atoms with Gasteiger partial charge >= 0.3 is 11.9 Å². The van der Waals surface area contributed by atoms with E-state index in [9.17, 15) is 9.59 Å². The summed E-state index contributed by atoms with van der Waals surface area (Å²) in [6.07, 6.45) is 0. The van der Waals surface area contributed by atoms with Gasteiger partial charge in [-0.2, -0.15) is 0 Å². The molecule has 0 N–H and O–H groups in total. The lowest BCUT2D eigenvalue weighted by Gasteiger charge is -2.10. The van der Waals surface area contributed by atoms with Crippen LogP contribution in [0.1, 0.15) is 34.6 Å². The molecule has 0 saturated heterocycles. The molecule has 0 spiro atoms. The Kier molecular flexibility index (Phi) is 7.56. The summed E-state index contributed by atoms with van der Waals surface area (Å²) >= 11 is 0. The molecule has 7 rings (SSSR count). The van der Waals surface area contributed by atoms with Gasteiger partial charge in [0.2, 0.25) is 0 Å². The molecule has 0 fully saturated rings. The van der Waals surface area contributed by atoms with E-state index in [1.54, 1.807) is 60.7 Å². The monoisotopic (exact) mass is 607 g/mol. The number of imidazole rings is 2. The first-order valence-corrected chi connectivity index (χ1v) is 15.0. The Balaban J connectivity index is 1.21. The number of carbonyl (C=O) groups excluding carboxylic acids is 2. The molecule has 0 radical (unpaired) electrons. The lowest BCUT2D eigenvalue weighted by Crippen LogP contribution is -2.08. The third kappa shape index (κ3) is 5.39. The van der Waals surface area contributed by atoms with E-state index in [2.05, 4.69) is 9.13 Å². The molecule has 0 atom stereocenters. The van der Waals surface area contributed by atoms with Crippen molar-refractivity contribution in [2.75, 3.05) is 0 Å². The molecule has 0 bridgehead atoms. The van der Waals surface area contributed by atoms with E-state index in [0.717, 1.165) is 22.1 Å². The maximum atomic E-state index is 12.7. The van der Waals surface area contributed by atoms with Crippen molar-refractivity contribution in [3.05, 3.63) is 126 Å². The highest BCUT2D eigenvalue weighted by molar-refractivity contribution is 5.92. The van der Waals surface area contributed by atoms with Gasteiger partial charge in [-0.15, -0.1) is 0 Å². The van der Waals surface area contributed by atoms with Gasteiger partial charge < -0.3 is 18.6 Å². The van der Waals surface area contributed by atoms with Crippen molar-refractivity contribution in [2.24, 2.45) is 0 Å². The fourth-order valence-electron chi connectivity index (χ4n) is 5.53. The summed E-state index contributed by atoms with van der Waals surface area (Å²) in [7, 11) is 0. The van der Waals surface area contributed by atoms with Crippen LogP contribution in [0.5, 0.6) is 11.5 Å². The quantitative estimate of drug-likeness (QED) is 0.130. The molecule has 0 aliphatic heterocycles. The van der Waals surface area contributed by atoms with Crippen molar-refractivity contribution in [1.82, 2.24) is 24.1 Å². The average molecular weight is 608 g/mol. The van der Waals surface area contributed by atoms with Crippen molar-refractivity contribution >= 4 is 34.0 Å².